The summed E-state index contributed by atoms with van der Waals surface area (Å²) in [5.74, 6) is 0.802. The van der Waals surface area contributed by atoms with Gasteiger partial charge in [0.2, 0.25) is 0 Å². The molecule has 0 spiro atoms. The largest absolute Gasteiger partial charge is 0.489 e. The summed E-state index contributed by atoms with van der Waals surface area (Å²) in [7, 11) is 0. The van der Waals surface area contributed by atoms with Crippen molar-refractivity contribution in [3.05, 3.63) is 60.2 Å². The molecule has 0 bridgehead atoms. The maximum Gasteiger partial charge on any atom is 0.315 e. The zero-order chi connectivity index (χ0) is 16.5. The Labute approximate surface area is 141 Å². The van der Waals surface area contributed by atoms with E-state index in [-0.39, 0.29) is 12.1 Å². The highest BCUT2D eigenvalue weighted by molar-refractivity contribution is 7.98. The van der Waals surface area contributed by atoms with Gasteiger partial charge in [-0.05, 0) is 43.0 Å². The zero-order valence-electron chi connectivity index (χ0n) is 13.4. The van der Waals surface area contributed by atoms with Crippen LogP contribution in [0.2, 0.25) is 0 Å². The Kier molecular flexibility index (Phi) is 6.81. The lowest BCUT2D eigenvalue weighted by Gasteiger charge is -2.15. The van der Waals surface area contributed by atoms with Crippen LogP contribution in [0.4, 0.5) is 4.79 Å². The number of benzene rings is 2. The second-order valence-electron chi connectivity index (χ2n) is 5.15. The van der Waals surface area contributed by atoms with Crippen LogP contribution in [-0.4, -0.2) is 24.9 Å². The molecule has 2 aromatic rings. The molecule has 23 heavy (non-hydrogen) atoms. The topological polar surface area (TPSA) is 50.4 Å². The minimum atomic E-state index is -0.192. The molecule has 2 amide bonds. The fourth-order valence-electron chi connectivity index (χ4n) is 2.00. The maximum absolute atomic E-state index is 11.8. The zero-order valence-corrected chi connectivity index (χ0v) is 14.2. The third kappa shape index (κ3) is 6.24. The van der Waals surface area contributed by atoms with Crippen LogP contribution in [0.1, 0.15) is 12.5 Å². The quantitative estimate of drug-likeness (QED) is 0.762. The Morgan fingerprint density at radius 2 is 1.78 bits per heavy atom. The third-order valence-corrected chi connectivity index (χ3v) is 3.99. The Morgan fingerprint density at radius 3 is 2.43 bits per heavy atom. The second-order valence-corrected chi connectivity index (χ2v) is 6.03. The van der Waals surface area contributed by atoms with Crippen molar-refractivity contribution in [2.75, 3.05) is 12.8 Å². The highest BCUT2D eigenvalue weighted by Crippen LogP contribution is 2.14. The minimum absolute atomic E-state index is 0.0935. The Balaban J connectivity index is 1.68. The summed E-state index contributed by atoms with van der Waals surface area (Å²) in [5, 5.41) is 5.66. The smallest absolute Gasteiger partial charge is 0.315 e. The number of para-hydroxylation sites is 1. The number of carbonyl (C=O) groups excluding carboxylic acids is 1. The van der Waals surface area contributed by atoms with E-state index in [1.165, 1.54) is 4.90 Å². The molecule has 2 N–H and O–H groups in total. The van der Waals surface area contributed by atoms with E-state index in [2.05, 4.69) is 22.8 Å². The van der Waals surface area contributed by atoms with Crippen LogP contribution in [0, 0.1) is 0 Å². The van der Waals surface area contributed by atoms with Gasteiger partial charge in [0.05, 0.1) is 6.54 Å². The van der Waals surface area contributed by atoms with Crippen LogP contribution in [-0.2, 0) is 6.54 Å². The van der Waals surface area contributed by atoms with E-state index in [0.717, 1.165) is 11.3 Å². The average Bonchev–Trinajstić information content (AvgIpc) is 2.59. The summed E-state index contributed by atoms with van der Waals surface area (Å²) >= 11 is 1.70. The average molecular weight is 330 g/mol. The molecular formula is C18H22N2O2S. The van der Waals surface area contributed by atoms with Crippen molar-refractivity contribution >= 4 is 17.8 Å². The highest BCUT2D eigenvalue weighted by atomic mass is 32.2. The van der Waals surface area contributed by atoms with Gasteiger partial charge in [-0.25, -0.2) is 4.79 Å². The fraction of sp³-hybridized carbons (Fsp3) is 0.278. The van der Waals surface area contributed by atoms with Crippen molar-refractivity contribution in [3.63, 3.8) is 0 Å². The van der Waals surface area contributed by atoms with Gasteiger partial charge in [0.1, 0.15) is 11.9 Å². The first kappa shape index (κ1) is 17.2. The summed E-state index contributed by atoms with van der Waals surface area (Å²) < 4.78 is 5.71. The molecule has 0 saturated heterocycles. The molecular weight excluding hydrogens is 308 g/mol. The van der Waals surface area contributed by atoms with Gasteiger partial charge in [0, 0.05) is 11.4 Å². The van der Waals surface area contributed by atoms with Crippen molar-refractivity contribution in [2.45, 2.75) is 24.5 Å². The standard InChI is InChI=1S/C18H22N2O2S/c1-14(22-16-6-4-3-5-7-16)12-19-18(21)20-13-15-8-10-17(23-2)11-9-15/h3-11,14H,12-13H2,1-2H3,(H2,19,20,21). The van der Waals surface area contributed by atoms with Gasteiger partial charge in [0.15, 0.2) is 0 Å². The predicted molar refractivity (Wildman–Crippen MR) is 95.0 cm³/mol. The van der Waals surface area contributed by atoms with E-state index in [1.807, 2.05) is 55.6 Å². The van der Waals surface area contributed by atoms with Gasteiger partial charge >= 0.3 is 6.03 Å². The molecule has 2 aromatic carbocycles. The van der Waals surface area contributed by atoms with Crippen LogP contribution in [0.3, 0.4) is 0 Å². The van der Waals surface area contributed by atoms with Crippen molar-refractivity contribution in [1.29, 1.82) is 0 Å². The van der Waals surface area contributed by atoms with E-state index in [4.69, 9.17) is 4.74 Å². The number of nitrogens with one attached hydrogen (secondary N) is 2. The molecule has 0 aliphatic heterocycles. The predicted octanol–water partition coefficient (Wildman–Crippen LogP) is 3.68. The number of hydrogen-bond acceptors (Lipinski definition) is 3. The van der Waals surface area contributed by atoms with Crippen molar-refractivity contribution in [1.82, 2.24) is 10.6 Å². The molecule has 0 radical (unpaired) electrons. The van der Waals surface area contributed by atoms with Crippen LogP contribution in [0.25, 0.3) is 0 Å². The molecule has 4 nitrogen and oxygen atoms in total. The summed E-state index contributed by atoms with van der Waals surface area (Å²) in [4.78, 5) is 13.0. The van der Waals surface area contributed by atoms with Gasteiger partial charge in [-0.2, -0.15) is 0 Å². The molecule has 0 aromatic heterocycles. The molecule has 0 fully saturated rings. The molecule has 0 heterocycles. The lowest BCUT2D eigenvalue weighted by atomic mass is 10.2. The van der Waals surface area contributed by atoms with Gasteiger partial charge in [-0.3, -0.25) is 0 Å². The molecule has 0 aliphatic rings. The van der Waals surface area contributed by atoms with Gasteiger partial charge in [-0.1, -0.05) is 30.3 Å². The summed E-state index contributed by atoms with van der Waals surface area (Å²) in [6.45, 7) is 2.88. The summed E-state index contributed by atoms with van der Waals surface area (Å²) in [5.41, 5.74) is 1.08. The summed E-state index contributed by atoms with van der Waals surface area (Å²) in [6, 6.07) is 17.5. The third-order valence-electron chi connectivity index (χ3n) is 3.24. The van der Waals surface area contributed by atoms with Crippen molar-refractivity contribution in [3.8, 4) is 5.75 Å². The number of urea groups is 1. The van der Waals surface area contributed by atoms with Gasteiger partial charge in [-0.15, -0.1) is 11.8 Å². The van der Waals surface area contributed by atoms with Gasteiger partial charge in [0.25, 0.3) is 0 Å². The number of amides is 2. The first-order valence-corrected chi connectivity index (χ1v) is 8.76. The number of hydrogen-bond donors (Lipinski definition) is 2. The van der Waals surface area contributed by atoms with E-state index in [9.17, 15) is 4.79 Å². The van der Waals surface area contributed by atoms with Crippen molar-refractivity contribution < 1.29 is 9.53 Å². The molecule has 1 unspecified atom stereocenters. The number of carbonyl (C=O) groups is 1. The lowest BCUT2D eigenvalue weighted by molar-refractivity contribution is 0.207. The molecule has 1 atom stereocenters. The fourth-order valence-corrected chi connectivity index (χ4v) is 2.41. The second kappa shape index (κ2) is 9.10. The summed E-state index contributed by atoms with van der Waals surface area (Å²) in [6.07, 6.45) is 1.95. The molecule has 0 saturated carbocycles. The number of thioether (sulfide) groups is 1. The van der Waals surface area contributed by atoms with Crippen LogP contribution < -0.4 is 15.4 Å². The first-order chi connectivity index (χ1) is 11.2. The van der Waals surface area contributed by atoms with E-state index < -0.39 is 0 Å². The van der Waals surface area contributed by atoms with Crippen LogP contribution in [0.5, 0.6) is 5.75 Å². The van der Waals surface area contributed by atoms with Crippen molar-refractivity contribution in [2.24, 2.45) is 0 Å². The first-order valence-electron chi connectivity index (χ1n) is 7.53. The van der Waals surface area contributed by atoms with Crippen LogP contribution >= 0.6 is 11.8 Å². The van der Waals surface area contributed by atoms with E-state index in [0.29, 0.717) is 13.1 Å². The lowest BCUT2D eigenvalue weighted by Crippen LogP contribution is -2.40. The molecule has 2 rings (SSSR count). The number of rotatable bonds is 7. The minimum Gasteiger partial charge on any atom is -0.489 e. The molecule has 0 aliphatic carbocycles. The Hall–Kier alpha value is -2.14. The molecule has 5 heteroatoms. The van der Waals surface area contributed by atoms with Crippen LogP contribution in [0.15, 0.2) is 59.5 Å². The molecule has 122 valence electrons. The maximum atomic E-state index is 11.8. The highest BCUT2D eigenvalue weighted by Gasteiger charge is 2.06. The SMILES string of the molecule is CSc1ccc(CNC(=O)NCC(C)Oc2ccccc2)cc1. The number of ether oxygens (including phenoxy) is 1. The van der Waals surface area contributed by atoms with E-state index in [1.54, 1.807) is 11.8 Å². The normalized spacial score (nSPS) is 11.6. The monoisotopic (exact) mass is 330 g/mol. The Morgan fingerprint density at radius 1 is 1.09 bits per heavy atom. The Bertz CT molecular complexity index is 602. The van der Waals surface area contributed by atoms with Gasteiger partial charge < -0.3 is 15.4 Å². The van der Waals surface area contributed by atoms with E-state index >= 15 is 0 Å².